The van der Waals surface area contributed by atoms with Crippen LogP contribution in [0.5, 0.6) is 0 Å². The van der Waals surface area contributed by atoms with E-state index in [1.165, 1.54) is 53.1 Å². The van der Waals surface area contributed by atoms with Crippen LogP contribution in [0.2, 0.25) is 0 Å². The molecule has 58 heavy (non-hydrogen) atoms. The highest BCUT2D eigenvalue weighted by atomic mass is 32.1. The Kier molecular flexibility index (Phi) is 7.40. The van der Waals surface area contributed by atoms with Gasteiger partial charge in [-0.15, -0.1) is 11.3 Å². The summed E-state index contributed by atoms with van der Waals surface area (Å²) in [5.74, 6) is 0. The first kappa shape index (κ1) is 32.8. The van der Waals surface area contributed by atoms with Gasteiger partial charge in [0.1, 0.15) is 11.2 Å². The molecule has 0 fully saturated rings. The molecule has 0 saturated carbocycles. The first-order valence-electron chi connectivity index (χ1n) is 19.7. The summed E-state index contributed by atoms with van der Waals surface area (Å²) < 4.78 is 11.4. The smallest absolute Gasteiger partial charge is 0.143 e. The summed E-state index contributed by atoms with van der Waals surface area (Å²) >= 11 is 1.86. The maximum Gasteiger partial charge on any atom is 0.143 e. The van der Waals surface area contributed by atoms with E-state index in [1.807, 2.05) is 23.5 Å². The molecule has 3 aromatic heterocycles. The number of nitrogens with zero attached hydrogens (tertiary/aromatic N) is 2. The average molecular weight is 759 g/mol. The van der Waals surface area contributed by atoms with E-state index in [-0.39, 0.29) is 0 Å². The molecule has 3 nitrogen and oxygen atoms in total. The number of anilines is 3. The number of para-hydroxylation sites is 4. The van der Waals surface area contributed by atoms with E-state index in [1.54, 1.807) is 0 Å². The van der Waals surface area contributed by atoms with Crippen LogP contribution in [-0.2, 0) is 0 Å². The fraction of sp³-hybridized carbons (Fsp3) is 0. The standard InChI is InChI=1S/C54H34N2OS/c1-2-12-38(13-3-1)56-48-20-7-4-14-42(48)43-33-28-37(34-50(43)56)35-24-29-39(30-25-35)55(49-21-11-19-47-45-16-6-9-23-52(45)58-54(47)49)40-31-26-36(27-32-40)41-17-10-18-46-44-15-5-8-22-51(44)57-53(41)46/h1-34H. The average Bonchev–Trinajstić information content (AvgIpc) is 3.97. The number of rotatable bonds is 6. The van der Waals surface area contributed by atoms with Crippen LogP contribution in [0.4, 0.5) is 17.1 Å². The molecule has 0 bridgehead atoms. The van der Waals surface area contributed by atoms with Crippen LogP contribution in [0.1, 0.15) is 0 Å². The third kappa shape index (κ3) is 5.12. The van der Waals surface area contributed by atoms with Crippen molar-refractivity contribution >= 4 is 92.3 Å². The summed E-state index contributed by atoms with van der Waals surface area (Å²) in [6.07, 6.45) is 0. The number of thiophene rings is 1. The van der Waals surface area contributed by atoms with E-state index in [0.29, 0.717) is 0 Å². The van der Waals surface area contributed by atoms with Crippen molar-refractivity contribution in [1.29, 1.82) is 0 Å². The summed E-state index contributed by atoms with van der Waals surface area (Å²) in [6, 6.07) is 74.4. The van der Waals surface area contributed by atoms with Crippen LogP contribution in [0.25, 0.3) is 91.9 Å². The minimum atomic E-state index is 0.908. The highest BCUT2D eigenvalue weighted by molar-refractivity contribution is 7.26. The summed E-state index contributed by atoms with van der Waals surface area (Å²) in [7, 11) is 0. The largest absolute Gasteiger partial charge is 0.455 e. The first-order valence-corrected chi connectivity index (χ1v) is 20.5. The Bertz CT molecular complexity index is 3500. The number of fused-ring (bicyclic) bond motifs is 9. The number of hydrogen-bond acceptors (Lipinski definition) is 3. The molecule has 0 spiro atoms. The molecule has 0 unspecified atom stereocenters. The zero-order chi connectivity index (χ0) is 38.2. The summed E-state index contributed by atoms with van der Waals surface area (Å²) in [4.78, 5) is 2.41. The zero-order valence-electron chi connectivity index (χ0n) is 31.3. The first-order chi connectivity index (χ1) is 28.8. The van der Waals surface area contributed by atoms with Crippen LogP contribution < -0.4 is 4.90 Å². The quantitative estimate of drug-likeness (QED) is 0.168. The van der Waals surface area contributed by atoms with Crippen LogP contribution in [0, 0.1) is 0 Å². The zero-order valence-corrected chi connectivity index (χ0v) is 32.2. The maximum atomic E-state index is 6.44. The lowest BCUT2D eigenvalue weighted by atomic mass is 10.0. The van der Waals surface area contributed by atoms with E-state index < -0.39 is 0 Å². The van der Waals surface area contributed by atoms with Crippen LogP contribution in [0.3, 0.4) is 0 Å². The molecule has 0 aliphatic carbocycles. The SMILES string of the molecule is c1ccc(-n2c3ccccc3c3ccc(-c4ccc(N(c5ccc(-c6cccc7c6oc6ccccc67)cc5)c5cccc6c5sc5ccccc56)cc4)cc32)cc1. The van der Waals surface area contributed by atoms with Crippen LogP contribution in [-0.4, -0.2) is 4.57 Å². The van der Waals surface area contributed by atoms with Gasteiger partial charge >= 0.3 is 0 Å². The van der Waals surface area contributed by atoms with Crippen molar-refractivity contribution in [2.45, 2.75) is 0 Å². The van der Waals surface area contributed by atoms with Gasteiger partial charge in [0.15, 0.2) is 0 Å². The molecule has 0 aliphatic heterocycles. The second kappa shape index (κ2) is 13.1. The van der Waals surface area contributed by atoms with Crippen molar-refractivity contribution in [3.8, 4) is 27.9 Å². The monoisotopic (exact) mass is 758 g/mol. The Labute approximate surface area is 338 Å². The van der Waals surface area contributed by atoms with Crippen molar-refractivity contribution < 1.29 is 4.42 Å². The number of aromatic nitrogens is 1. The summed E-state index contributed by atoms with van der Waals surface area (Å²) in [5, 5.41) is 7.35. The normalized spacial score (nSPS) is 11.8. The third-order valence-electron chi connectivity index (χ3n) is 11.6. The van der Waals surface area contributed by atoms with E-state index in [9.17, 15) is 0 Å². The molecule has 0 amide bonds. The van der Waals surface area contributed by atoms with Crippen molar-refractivity contribution in [3.63, 3.8) is 0 Å². The molecule has 12 rings (SSSR count). The summed E-state index contributed by atoms with van der Waals surface area (Å²) in [6.45, 7) is 0. The van der Waals surface area contributed by atoms with Crippen LogP contribution >= 0.6 is 11.3 Å². The van der Waals surface area contributed by atoms with Gasteiger partial charge in [-0.25, -0.2) is 0 Å². The fourth-order valence-corrected chi connectivity index (χ4v) is 10.1. The van der Waals surface area contributed by atoms with Gasteiger partial charge in [-0.3, -0.25) is 0 Å². The molecule has 0 N–H and O–H groups in total. The second-order valence-electron chi connectivity index (χ2n) is 14.9. The van der Waals surface area contributed by atoms with E-state index >= 15 is 0 Å². The molecule has 0 radical (unpaired) electrons. The minimum absolute atomic E-state index is 0.908. The van der Waals surface area contributed by atoms with Gasteiger partial charge in [-0.1, -0.05) is 140 Å². The van der Waals surface area contributed by atoms with Gasteiger partial charge in [0.2, 0.25) is 0 Å². The van der Waals surface area contributed by atoms with Gasteiger partial charge < -0.3 is 13.9 Å². The molecule has 272 valence electrons. The minimum Gasteiger partial charge on any atom is -0.455 e. The van der Waals surface area contributed by atoms with Gasteiger partial charge in [0.25, 0.3) is 0 Å². The van der Waals surface area contributed by atoms with Gasteiger partial charge in [0, 0.05) is 59.6 Å². The molecule has 0 atom stereocenters. The third-order valence-corrected chi connectivity index (χ3v) is 12.8. The van der Waals surface area contributed by atoms with E-state index in [0.717, 1.165) is 55.8 Å². The van der Waals surface area contributed by atoms with Crippen molar-refractivity contribution in [2.75, 3.05) is 4.90 Å². The highest BCUT2D eigenvalue weighted by Crippen LogP contribution is 2.46. The maximum absolute atomic E-state index is 6.44. The molecule has 0 saturated heterocycles. The Balaban J connectivity index is 0.987. The van der Waals surface area contributed by atoms with E-state index in [4.69, 9.17) is 4.42 Å². The Morgan fingerprint density at radius 2 is 1.03 bits per heavy atom. The van der Waals surface area contributed by atoms with Crippen molar-refractivity contribution in [1.82, 2.24) is 4.57 Å². The molecular weight excluding hydrogens is 725 g/mol. The topological polar surface area (TPSA) is 21.3 Å². The number of benzene rings is 9. The lowest BCUT2D eigenvalue weighted by Crippen LogP contribution is -2.10. The van der Waals surface area contributed by atoms with Crippen LogP contribution in [0.15, 0.2) is 211 Å². The molecular formula is C54H34N2OS. The van der Waals surface area contributed by atoms with Crippen molar-refractivity contribution in [2.24, 2.45) is 0 Å². The lowest BCUT2D eigenvalue weighted by Gasteiger charge is -2.26. The predicted molar refractivity (Wildman–Crippen MR) is 247 cm³/mol. The Morgan fingerprint density at radius 3 is 1.86 bits per heavy atom. The predicted octanol–water partition coefficient (Wildman–Crippen LogP) is 15.9. The number of hydrogen-bond donors (Lipinski definition) is 0. The molecule has 12 aromatic rings. The Hall–Kier alpha value is -7.40. The highest BCUT2D eigenvalue weighted by Gasteiger charge is 2.20. The van der Waals surface area contributed by atoms with Gasteiger partial charge in [0.05, 0.1) is 21.4 Å². The van der Waals surface area contributed by atoms with Gasteiger partial charge in [-0.2, -0.15) is 0 Å². The lowest BCUT2D eigenvalue weighted by molar-refractivity contribution is 0.670. The number of furan rings is 1. The summed E-state index contributed by atoms with van der Waals surface area (Å²) in [5.41, 5.74) is 13.3. The Morgan fingerprint density at radius 1 is 0.414 bits per heavy atom. The molecule has 9 aromatic carbocycles. The fourth-order valence-electron chi connectivity index (χ4n) is 8.91. The molecule has 4 heteroatoms. The molecule has 0 aliphatic rings. The van der Waals surface area contributed by atoms with Gasteiger partial charge in [-0.05, 0) is 83.4 Å². The second-order valence-corrected chi connectivity index (χ2v) is 15.9. The van der Waals surface area contributed by atoms with Crippen molar-refractivity contribution in [3.05, 3.63) is 206 Å². The molecule has 3 heterocycles. The van der Waals surface area contributed by atoms with E-state index in [2.05, 4.69) is 204 Å².